The van der Waals surface area contributed by atoms with E-state index in [-0.39, 0.29) is 18.4 Å². The predicted molar refractivity (Wildman–Crippen MR) is 128 cm³/mol. The molecule has 0 aliphatic heterocycles. The normalized spacial score (nSPS) is 10.2. The van der Waals surface area contributed by atoms with E-state index in [4.69, 9.17) is 4.74 Å². The van der Waals surface area contributed by atoms with Gasteiger partial charge < -0.3 is 15.4 Å². The minimum atomic E-state index is -0.459. The zero-order valence-corrected chi connectivity index (χ0v) is 19.2. The number of carbonyl (C=O) groups is 3. The molecule has 164 valence electrons. The first-order valence-corrected chi connectivity index (χ1v) is 10.7. The highest BCUT2D eigenvalue weighted by molar-refractivity contribution is 9.10. The highest BCUT2D eigenvalue weighted by atomic mass is 79.9. The maximum Gasteiger partial charge on any atom is 0.413 e. The molecule has 8 heteroatoms. The maximum absolute atomic E-state index is 12.9. The standard InChI is InChI=1S/C24H22BrN3O4/c1-3-32-24(31)28(2)17-14-12-16(13-15-17)26-23(30)19-9-5-7-11-21(19)27-22(29)18-8-4-6-10-20(18)25/h4-15H,3H2,1-2H3,(H,26,30)(H,27,29). The van der Waals surface area contributed by atoms with Gasteiger partial charge in [0.15, 0.2) is 0 Å². The van der Waals surface area contributed by atoms with E-state index in [1.165, 1.54) is 4.90 Å². The Morgan fingerprint density at radius 1 is 0.844 bits per heavy atom. The van der Waals surface area contributed by atoms with Crippen molar-refractivity contribution in [2.24, 2.45) is 0 Å². The predicted octanol–water partition coefficient (Wildman–Crippen LogP) is 5.55. The Balaban J connectivity index is 1.73. The summed E-state index contributed by atoms with van der Waals surface area (Å²) < 4.78 is 5.63. The molecular weight excluding hydrogens is 474 g/mol. The fraction of sp³-hybridized carbons (Fsp3) is 0.125. The summed E-state index contributed by atoms with van der Waals surface area (Å²) in [6.45, 7) is 2.03. The lowest BCUT2D eigenvalue weighted by molar-refractivity contribution is 0.102. The van der Waals surface area contributed by atoms with Crippen LogP contribution >= 0.6 is 15.9 Å². The summed E-state index contributed by atoms with van der Waals surface area (Å²) in [6.07, 6.45) is -0.459. The van der Waals surface area contributed by atoms with Gasteiger partial charge in [-0.05, 0) is 71.4 Å². The largest absolute Gasteiger partial charge is 0.449 e. The molecule has 0 aromatic heterocycles. The van der Waals surface area contributed by atoms with E-state index in [1.807, 2.05) is 6.07 Å². The summed E-state index contributed by atoms with van der Waals surface area (Å²) in [5, 5.41) is 5.60. The summed E-state index contributed by atoms with van der Waals surface area (Å²) in [5.74, 6) is -0.705. The lowest BCUT2D eigenvalue weighted by Crippen LogP contribution is -2.26. The minimum Gasteiger partial charge on any atom is -0.449 e. The second kappa shape index (κ2) is 10.6. The van der Waals surface area contributed by atoms with Crippen LogP contribution in [0, 0.1) is 0 Å². The molecule has 0 heterocycles. The van der Waals surface area contributed by atoms with Crippen LogP contribution in [-0.2, 0) is 4.74 Å². The lowest BCUT2D eigenvalue weighted by atomic mass is 10.1. The zero-order valence-electron chi connectivity index (χ0n) is 17.6. The van der Waals surface area contributed by atoms with Gasteiger partial charge in [-0.25, -0.2) is 4.79 Å². The fourth-order valence-electron chi connectivity index (χ4n) is 2.92. The first-order chi connectivity index (χ1) is 15.4. The molecule has 3 amide bonds. The van der Waals surface area contributed by atoms with Gasteiger partial charge in [0.1, 0.15) is 0 Å². The van der Waals surface area contributed by atoms with Gasteiger partial charge in [0.25, 0.3) is 11.8 Å². The Morgan fingerprint density at radius 3 is 2.09 bits per heavy atom. The highest BCUT2D eigenvalue weighted by Crippen LogP contribution is 2.22. The molecule has 0 bridgehead atoms. The molecule has 2 N–H and O–H groups in total. The van der Waals surface area contributed by atoms with E-state index in [9.17, 15) is 14.4 Å². The second-order valence-corrected chi connectivity index (χ2v) is 7.59. The summed E-state index contributed by atoms with van der Waals surface area (Å²) in [7, 11) is 1.61. The van der Waals surface area contributed by atoms with Crippen LogP contribution in [0.2, 0.25) is 0 Å². The van der Waals surface area contributed by atoms with Crippen LogP contribution in [0.5, 0.6) is 0 Å². The molecule has 0 radical (unpaired) electrons. The number of carbonyl (C=O) groups excluding carboxylic acids is 3. The topological polar surface area (TPSA) is 87.7 Å². The third-order valence-electron chi connectivity index (χ3n) is 4.59. The van der Waals surface area contributed by atoms with Gasteiger partial charge in [0.2, 0.25) is 0 Å². The molecule has 0 aliphatic rings. The number of hydrogen-bond acceptors (Lipinski definition) is 4. The fourth-order valence-corrected chi connectivity index (χ4v) is 3.38. The molecule has 0 spiro atoms. The molecule has 0 fully saturated rings. The van der Waals surface area contributed by atoms with Crippen LogP contribution in [0.4, 0.5) is 21.9 Å². The first kappa shape index (κ1) is 23.0. The Labute approximate surface area is 194 Å². The number of ether oxygens (including phenoxy) is 1. The van der Waals surface area contributed by atoms with Crippen molar-refractivity contribution in [3.8, 4) is 0 Å². The summed E-state index contributed by atoms with van der Waals surface area (Å²) in [5.41, 5.74) is 2.35. The van der Waals surface area contributed by atoms with Gasteiger partial charge in [-0.3, -0.25) is 14.5 Å². The molecular formula is C24H22BrN3O4. The van der Waals surface area contributed by atoms with Gasteiger partial charge in [-0.15, -0.1) is 0 Å². The SMILES string of the molecule is CCOC(=O)N(C)c1ccc(NC(=O)c2ccccc2NC(=O)c2ccccc2Br)cc1. The second-order valence-electron chi connectivity index (χ2n) is 6.74. The first-order valence-electron chi connectivity index (χ1n) is 9.87. The molecule has 0 saturated carbocycles. The van der Waals surface area contributed by atoms with Crippen LogP contribution in [0.25, 0.3) is 0 Å². The molecule has 3 aromatic carbocycles. The Bertz CT molecular complexity index is 1130. The van der Waals surface area contributed by atoms with Crippen molar-refractivity contribution in [3.63, 3.8) is 0 Å². The number of para-hydroxylation sites is 1. The Kier molecular flexibility index (Phi) is 7.62. The molecule has 32 heavy (non-hydrogen) atoms. The van der Waals surface area contributed by atoms with Gasteiger partial charge >= 0.3 is 6.09 Å². The number of amides is 3. The van der Waals surface area contributed by atoms with Crippen LogP contribution in [-0.4, -0.2) is 31.6 Å². The average molecular weight is 496 g/mol. The van der Waals surface area contributed by atoms with Crippen LogP contribution in [0.1, 0.15) is 27.6 Å². The van der Waals surface area contributed by atoms with E-state index >= 15 is 0 Å². The molecule has 0 aliphatic carbocycles. The van der Waals surface area contributed by atoms with E-state index < -0.39 is 6.09 Å². The smallest absolute Gasteiger partial charge is 0.413 e. The monoisotopic (exact) mass is 495 g/mol. The summed E-state index contributed by atoms with van der Waals surface area (Å²) >= 11 is 3.36. The third-order valence-corrected chi connectivity index (χ3v) is 5.28. The molecule has 0 unspecified atom stereocenters. The summed E-state index contributed by atoms with van der Waals surface area (Å²) in [4.78, 5) is 38.7. The van der Waals surface area contributed by atoms with Crippen LogP contribution in [0.3, 0.4) is 0 Å². The van der Waals surface area contributed by atoms with Crippen molar-refractivity contribution in [2.75, 3.05) is 29.2 Å². The van der Waals surface area contributed by atoms with Crippen molar-refractivity contribution in [2.45, 2.75) is 6.92 Å². The van der Waals surface area contributed by atoms with Crippen molar-refractivity contribution >= 4 is 50.9 Å². The maximum atomic E-state index is 12.9. The number of nitrogens with zero attached hydrogens (tertiary/aromatic N) is 1. The van der Waals surface area contributed by atoms with E-state index in [0.29, 0.717) is 32.7 Å². The highest BCUT2D eigenvalue weighted by Gasteiger charge is 2.16. The van der Waals surface area contributed by atoms with Crippen LogP contribution in [0.15, 0.2) is 77.3 Å². The molecule has 3 aromatic rings. The van der Waals surface area contributed by atoms with Gasteiger partial charge in [0.05, 0.1) is 23.4 Å². The van der Waals surface area contributed by atoms with Gasteiger partial charge in [-0.1, -0.05) is 24.3 Å². The number of anilines is 3. The Hall–Kier alpha value is -3.65. The van der Waals surface area contributed by atoms with E-state index in [1.54, 1.807) is 80.7 Å². The number of halogens is 1. The van der Waals surface area contributed by atoms with E-state index in [2.05, 4.69) is 26.6 Å². The van der Waals surface area contributed by atoms with Crippen molar-refractivity contribution < 1.29 is 19.1 Å². The third kappa shape index (κ3) is 5.53. The minimum absolute atomic E-state index is 0.286. The van der Waals surface area contributed by atoms with Crippen molar-refractivity contribution in [1.29, 1.82) is 0 Å². The quantitative estimate of drug-likeness (QED) is 0.469. The number of rotatable bonds is 6. The average Bonchev–Trinajstić information content (AvgIpc) is 2.79. The number of hydrogen-bond donors (Lipinski definition) is 2. The van der Waals surface area contributed by atoms with Crippen LogP contribution < -0.4 is 15.5 Å². The number of benzene rings is 3. The number of nitrogens with one attached hydrogen (secondary N) is 2. The molecule has 0 saturated heterocycles. The molecule has 0 atom stereocenters. The molecule has 7 nitrogen and oxygen atoms in total. The van der Waals surface area contributed by atoms with Gasteiger partial charge in [-0.2, -0.15) is 0 Å². The van der Waals surface area contributed by atoms with Crippen molar-refractivity contribution in [1.82, 2.24) is 0 Å². The zero-order chi connectivity index (χ0) is 23.1. The lowest BCUT2D eigenvalue weighted by Gasteiger charge is -2.17. The van der Waals surface area contributed by atoms with E-state index in [0.717, 1.165) is 0 Å². The van der Waals surface area contributed by atoms with Crippen molar-refractivity contribution in [3.05, 3.63) is 88.4 Å². The van der Waals surface area contributed by atoms with Gasteiger partial charge in [0, 0.05) is 22.9 Å². The molecule has 3 rings (SSSR count). The summed E-state index contributed by atoms with van der Waals surface area (Å²) in [6, 6.07) is 20.6. The Morgan fingerprint density at radius 2 is 1.44 bits per heavy atom.